The summed E-state index contributed by atoms with van der Waals surface area (Å²) >= 11 is 0. The van der Waals surface area contributed by atoms with Gasteiger partial charge in [0.2, 0.25) is 0 Å². The van der Waals surface area contributed by atoms with E-state index in [0.29, 0.717) is 18.7 Å². The summed E-state index contributed by atoms with van der Waals surface area (Å²) in [6, 6.07) is 5.40. The molecule has 1 heterocycles. The van der Waals surface area contributed by atoms with E-state index in [-0.39, 0.29) is 18.0 Å². The predicted molar refractivity (Wildman–Crippen MR) is 71.4 cm³/mol. The minimum absolute atomic E-state index is 0.136. The smallest absolute Gasteiger partial charge is 0.146 e. The normalized spacial score (nSPS) is 24.3. The Bertz CT molecular complexity index is 401. The quantitative estimate of drug-likeness (QED) is 0.893. The molecule has 3 nitrogen and oxygen atoms in total. The summed E-state index contributed by atoms with van der Waals surface area (Å²) < 4.78 is 19.7. The lowest BCUT2D eigenvalue weighted by atomic mass is 10.1. The first-order valence-corrected chi connectivity index (χ1v) is 6.49. The van der Waals surface area contributed by atoms with Gasteiger partial charge in [-0.25, -0.2) is 4.39 Å². The predicted octanol–water partition coefficient (Wildman–Crippen LogP) is 1.94. The second-order valence-corrected chi connectivity index (χ2v) is 4.99. The summed E-state index contributed by atoms with van der Waals surface area (Å²) in [5, 5.41) is 0. The molecule has 0 aromatic heterocycles. The van der Waals surface area contributed by atoms with Crippen LogP contribution in [0.1, 0.15) is 19.4 Å². The van der Waals surface area contributed by atoms with Crippen molar-refractivity contribution in [3.05, 3.63) is 29.6 Å². The molecule has 18 heavy (non-hydrogen) atoms. The van der Waals surface area contributed by atoms with Gasteiger partial charge in [-0.05, 0) is 44.5 Å². The topological polar surface area (TPSA) is 38.5 Å². The number of hydrogen-bond acceptors (Lipinski definition) is 3. The van der Waals surface area contributed by atoms with E-state index >= 15 is 0 Å². The first kappa shape index (κ1) is 13.3. The lowest BCUT2D eigenvalue weighted by Gasteiger charge is -2.37. The first-order valence-electron chi connectivity index (χ1n) is 6.49. The van der Waals surface area contributed by atoms with Crippen LogP contribution in [-0.2, 0) is 11.2 Å². The van der Waals surface area contributed by atoms with E-state index in [9.17, 15) is 4.39 Å². The molecule has 1 aromatic rings. The van der Waals surface area contributed by atoms with Crippen molar-refractivity contribution in [3.63, 3.8) is 0 Å². The molecule has 0 saturated carbocycles. The molecule has 1 aromatic carbocycles. The standard InChI is InChI=1S/C14H21FN2O/c1-10-8-17(9-11(2)18-10)14-4-3-12(5-6-16)7-13(14)15/h3-4,7,10-11H,5-6,8-9,16H2,1-2H3/t10-,11+. The number of benzene rings is 1. The molecule has 100 valence electrons. The van der Waals surface area contributed by atoms with Gasteiger partial charge < -0.3 is 15.4 Å². The molecular formula is C14H21FN2O. The van der Waals surface area contributed by atoms with Gasteiger partial charge in [0, 0.05) is 13.1 Å². The van der Waals surface area contributed by atoms with Crippen LogP contribution in [0.2, 0.25) is 0 Å². The van der Waals surface area contributed by atoms with Crippen molar-refractivity contribution in [1.82, 2.24) is 0 Å². The number of nitrogens with two attached hydrogens (primary N) is 1. The average Bonchev–Trinajstić information content (AvgIpc) is 2.28. The van der Waals surface area contributed by atoms with Crippen LogP contribution in [0, 0.1) is 5.82 Å². The molecule has 0 amide bonds. The second kappa shape index (κ2) is 5.67. The lowest BCUT2D eigenvalue weighted by molar-refractivity contribution is -0.00539. The van der Waals surface area contributed by atoms with E-state index in [4.69, 9.17) is 10.5 Å². The van der Waals surface area contributed by atoms with Gasteiger partial charge in [0.15, 0.2) is 0 Å². The molecule has 1 fully saturated rings. The SMILES string of the molecule is C[C@@H]1CN(c2ccc(CCN)cc2F)C[C@H](C)O1. The minimum atomic E-state index is -0.165. The van der Waals surface area contributed by atoms with Crippen molar-refractivity contribution in [2.75, 3.05) is 24.5 Å². The molecule has 1 saturated heterocycles. The molecule has 2 rings (SSSR count). The van der Waals surface area contributed by atoms with E-state index in [1.807, 2.05) is 26.0 Å². The highest BCUT2D eigenvalue weighted by atomic mass is 19.1. The Kier molecular flexibility index (Phi) is 4.19. The molecule has 1 aliphatic heterocycles. The largest absolute Gasteiger partial charge is 0.372 e. The van der Waals surface area contributed by atoms with Crippen molar-refractivity contribution in [2.45, 2.75) is 32.5 Å². The van der Waals surface area contributed by atoms with E-state index < -0.39 is 0 Å². The van der Waals surface area contributed by atoms with Gasteiger partial charge in [-0.2, -0.15) is 0 Å². The zero-order chi connectivity index (χ0) is 13.1. The van der Waals surface area contributed by atoms with E-state index in [0.717, 1.165) is 18.7 Å². The summed E-state index contributed by atoms with van der Waals surface area (Å²) in [6.07, 6.45) is 0.987. The van der Waals surface area contributed by atoms with Crippen LogP contribution in [0.5, 0.6) is 0 Å². The summed E-state index contributed by atoms with van der Waals surface area (Å²) in [5.41, 5.74) is 7.10. The molecule has 0 bridgehead atoms. The number of ether oxygens (including phenoxy) is 1. The monoisotopic (exact) mass is 252 g/mol. The average molecular weight is 252 g/mol. The number of morpholine rings is 1. The Morgan fingerprint density at radius 2 is 2.00 bits per heavy atom. The Balaban J connectivity index is 2.17. The number of hydrogen-bond donors (Lipinski definition) is 1. The van der Waals surface area contributed by atoms with Gasteiger partial charge >= 0.3 is 0 Å². The summed E-state index contributed by atoms with van der Waals surface area (Å²) in [4.78, 5) is 2.06. The van der Waals surface area contributed by atoms with Gasteiger partial charge in [0.05, 0.1) is 17.9 Å². The number of anilines is 1. The highest BCUT2D eigenvalue weighted by Crippen LogP contribution is 2.24. The lowest BCUT2D eigenvalue weighted by Crippen LogP contribution is -2.45. The molecule has 0 aliphatic carbocycles. The van der Waals surface area contributed by atoms with Crippen molar-refractivity contribution in [2.24, 2.45) is 5.73 Å². The fraction of sp³-hybridized carbons (Fsp3) is 0.571. The third-order valence-corrected chi connectivity index (χ3v) is 3.21. The third kappa shape index (κ3) is 3.00. The van der Waals surface area contributed by atoms with Crippen LogP contribution < -0.4 is 10.6 Å². The summed E-state index contributed by atoms with van der Waals surface area (Å²) in [7, 11) is 0. The van der Waals surface area contributed by atoms with E-state index in [1.165, 1.54) is 0 Å². The molecule has 0 radical (unpaired) electrons. The number of nitrogens with zero attached hydrogens (tertiary/aromatic N) is 1. The van der Waals surface area contributed by atoms with Gasteiger partial charge in [-0.1, -0.05) is 6.07 Å². The summed E-state index contributed by atoms with van der Waals surface area (Å²) in [6.45, 7) is 6.05. The first-order chi connectivity index (χ1) is 8.60. The minimum Gasteiger partial charge on any atom is -0.372 e. The Morgan fingerprint density at radius 3 is 2.56 bits per heavy atom. The van der Waals surface area contributed by atoms with Gasteiger partial charge in [0.1, 0.15) is 5.82 Å². The molecule has 2 atom stereocenters. The van der Waals surface area contributed by atoms with Crippen LogP contribution in [0.25, 0.3) is 0 Å². The Morgan fingerprint density at radius 1 is 1.33 bits per heavy atom. The Hall–Kier alpha value is -1.13. The highest BCUT2D eigenvalue weighted by Gasteiger charge is 2.24. The summed E-state index contributed by atoms with van der Waals surface area (Å²) in [5.74, 6) is -0.165. The van der Waals surface area contributed by atoms with Crippen molar-refractivity contribution < 1.29 is 9.13 Å². The molecular weight excluding hydrogens is 231 g/mol. The van der Waals surface area contributed by atoms with Crippen molar-refractivity contribution in [1.29, 1.82) is 0 Å². The van der Waals surface area contributed by atoms with Crippen molar-refractivity contribution >= 4 is 5.69 Å². The van der Waals surface area contributed by atoms with Gasteiger partial charge in [-0.3, -0.25) is 0 Å². The second-order valence-electron chi connectivity index (χ2n) is 4.99. The fourth-order valence-corrected chi connectivity index (χ4v) is 2.50. The Labute approximate surface area is 108 Å². The van der Waals surface area contributed by atoms with Gasteiger partial charge in [-0.15, -0.1) is 0 Å². The van der Waals surface area contributed by atoms with Gasteiger partial charge in [0.25, 0.3) is 0 Å². The van der Waals surface area contributed by atoms with Crippen LogP contribution >= 0.6 is 0 Å². The van der Waals surface area contributed by atoms with Crippen molar-refractivity contribution in [3.8, 4) is 0 Å². The molecule has 1 aliphatic rings. The van der Waals surface area contributed by atoms with E-state index in [2.05, 4.69) is 4.90 Å². The van der Waals surface area contributed by atoms with Crippen LogP contribution in [0.15, 0.2) is 18.2 Å². The molecule has 2 N–H and O–H groups in total. The fourth-order valence-electron chi connectivity index (χ4n) is 2.50. The zero-order valence-electron chi connectivity index (χ0n) is 11.0. The van der Waals surface area contributed by atoms with Crippen LogP contribution in [0.3, 0.4) is 0 Å². The number of rotatable bonds is 3. The molecule has 0 spiro atoms. The number of halogens is 1. The molecule has 4 heteroatoms. The maximum Gasteiger partial charge on any atom is 0.146 e. The highest BCUT2D eigenvalue weighted by molar-refractivity contribution is 5.50. The van der Waals surface area contributed by atoms with Crippen LogP contribution in [-0.4, -0.2) is 31.8 Å². The van der Waals surface area contributed by atoms with Crippen LogP contribution in [0.4, 0.5) is 10.1 Å². The maximum atomic E-state index is 14.1. The maximum absolute atomic E-state index is 14.1. The zero-order valence-corrected chi connectivity index (χ0v) is 11.0. The van der Waals surface area contributed by atoms with E-state index in [1.54, 1.807) is 6.07 Å². The third-order valence-electron chi connectivity index (χ3n) is 3.21. The molecule has 0 unspecified atom stereocenters.